The van der Waals surface area contributed by atoms with E-state index in [4.69, 9.17) is 0 Å². The summed E-state index contributed by atoms with van der Waals surface area (Å²) in [6.07, 6.45) is 1.94. The molecule has 2 rings (SSSR count). The Hall–Kier alpha value is -1.55. The van der Waals surface area contributed by atoms with Crippen LogP contribution in [-0.2, 0) is 6.54 Å². The van der Waals surface area contributed by atoms with E-state index in [0.29, 0.717) is 0 Å². The van der Waals surface area contributed by atoms with Crippen LogP contribution in [0.5, 0.6) is 0 Å². The molecule has 0 spiro atoms. The lowest BCUT2D eigenvalue weighted by Gasteiger charge is -2.15. The number of nitrogens with one attached hydrogen (secondary N) is 1. The van der Waals surface area contributed by atoms with Crippen LogP contribution in [-0.4, -0.2) is 19.1 Å². The van der Waals surface area contributed by atoms with E-state index >= 15 is 0 Å². The Bertz CT molecular complexity index is 532. The molecule has 1 aromatic carbocycles. The standard InChI is InChI=1S/C14H19N3S/c1-10-7-12(17(3)4)5-6-14(10)16-9-13-8-15-11(2)18-13/h5-8,16H,9H2,1-4H3. The Morgan fingerprint density at radius 2 is 2.06 bits per heavy atom. The van der Waals surface area contributed by atoms with Crippen molar-refractivity contribution in [2.75, 3.05) is 24.3 Å². The van der Waals surface area contributed by atoms with Crippen molar-refractivity contribution in [2.24, 2.45) is 0 Å². The first kappa shape index (κ1) is 12.9. The zero-order valence-corrected chi connectivity index (χ0v) is 12.1. The lowest BCUT2D eigenvalue weighted by Crippen LogP contribution is -2.09. The van der Waals surface area contributed by atoms with E-state index in [2.05, 4.69) is 54.4 Å². The molecule has 0 amide bonds. The summed E-state index contributed by atoms with van der Waals surface area (Å²) in [4.78, 5) is 7.64. The van der Waals surface area contributed by atoms with Crippen molar-refractivity contribution in [3.8, 4) is 0 Å². The largest absolute Gasteiger partial charge is 0.380 e. The number of aromatic nitrogens is 1. The molecule has 0 radical (unpaired) electrons. The molecule has 0 saturated carbocycles. The van der Waals surface area contributed by atoms with Crippen molar-refractivity contribution >= 4 is 22.7 Å². The van der Waals surface area contributed by atoms with Crippen molar-refractivity contribution < 1.29 is 0 Å². The Labute approximate surface area is 112 Å². The Morgan fingerprint density at radius 1 is 1.28 bits per heavy atom. The van der Waals surface area contributed by atoms with Gasteiger partial charge in [-0.1, -0.05) is 0 Å². The van der Waals surface area contributed by atoms with Gasteiger partial charge in [-0.25, -0.2) is 4.98 Å². The molecule has 1 N–H and O–H groups in total. The van der Waals surface area contributed by atoms with Crippen LogP contribution in [0.25, 0.3) is 0 Å². The third kappa shape index (κ3) is 3.01. The van der Waals surface area contributed by atoms with Crippen LogP contribution in [0.3, 0.4) is 0 Å². The number of thiazole rings is 1. The lowest BCUT2D eigenvalue weighted by molar-refractivity contribution is 1.12. The van der Waals surface area contributed by atoms with Crippen molar-refractivity contribution in [1.29, 1.82) is 0 Å². The molecule has 3 nitrogen and oxygen atoms in total. The van der Waals surface area contributed by atoms with E-state index in [0.717, 1.165) is 11.6 Å². The fourth-order valence-corrected chi connectivity index (χ4v) is 2.53. The van der Waals surface area contributed by atoms with Gasteiger partial charge in [0, 0.05) is 36.5 Å². The molecule has 0 unspecified atom stereocenters. The van der Waals surface area contributed by atoms with E-state index in [1.54, 1.807) is 11.3 Å². The fourth-order valence-electron chi connectivity index (χ4n) is 1.79. The maximum Gasteiger partial charge on any atom is 0.0897 e. The molecule has 18 heavy (non-hydrogen) atoms. The number of rotatable bonds is 4. The van der Waals surface area contributed by atoms with Crippen LogP contribution in [0, 0.1) is 13.8 Å². The molecule has 0 atom stereocenters. The number of anilines is 2. The zero-order valence-electron chi connectivity index (χ0n) is 11.3. The van der Waals surface area contributed by atoms with Gasteiger partial charge in [0.05, 0.1) is 11.6 Å². The maximum atomic E-state index is 4.26. The van der Waals surface area contributed by atoms with Crippen molar-refractivity contribution in [1.82, 2.24) is 4.98 Å². The first-order chi connectivity index (χ1) is 8.56. The van der Waals surface area contributed by atoms with Crippen LogP contribution < -0.4 is 10.2 Å². The summed E-state index contributed by atoms with van der Waals surface area (Å²) < 4.78 is 0. The second-order valence-corrected chi connectivity index (χ2v) is 5.91. The van der Waals surface area contributed by atoms with E-state index in [1.807, 2.05) is 13.1 Å². The molecule has 1 aromatic heterocycles. The summed E-state index contributed by atoms with van der Waals surface area (Å²) in [7, 11) is 4.12. The number of aryl methyl sites for hydroxylation is 2. The van der Waals surface area contributed by atoms with Crippen molar-refractivity contribution in [2.45, 2.75) is 20.4 Å². The molecule has 4 heteroatoms. The van der Waals surface area contributed by atoms with Gasteiger partial charge >= 0.3 is 0 Å². The molecule has 0 saturated heterocycles. The summed E-state index contributed by atoms with van der Waals surface area (Å²) in [6, 6.07) is 6.46. The average molecular weight is 261 g/mol. The highest BCUT2D eigenvalue weighted by Crippen LogP contribution is 2.22. The van der Waals surface area contributed by atoms with Gasteiger partial charge in [0.15, 0.2) is 0 Å². The highest BCUT2D eigenvalue weighted by Gasteiger charge is 2.03. The smallest absolute Gasteiger partial charge is 0.0897 e. The molecule has 2 aromatic rings. The molecule has 96 valence electrons. The van der Waals surface area contributed by atoms with Crippen molar-refractivity contribution in [3.63, 3.8) is 0 Å². The minimum absolute atomic E-state index is 0.841. The summed E-state index contributed by atoms with van der Waals surface area (Å²) in [6.45, 7) is 5.01. The SMILES string of the molecule is Cc1ncc(CNc2ccc(N(C)C)cc2C)s1. The summed E-state index contributed by atoms with van der Waals surface area (Å²) >= 11 is 1.74. The topological polar surface area (TPSA) is 28.2 Å². The predicted molar refractivity (Wildman–Crippen MR) is 79.7 cm³/mol. The lowest BCUT2D eigenvalue weighted by atomic mass is 10.1. The minimum Gasteiger partial charge on any atom is -0.380 e. The van der Waals surface area contributed by atoms with Crippen LogP contribution >= 0.6 is 11.3 Å². The monoisotopic (exact) mass is 261 g/mol. The molecule has 0 aliphatic heterocycles. The highest BCUT2D eigenvalue weighted by molar-refractivity contribution is 7.11. The second kappa shape index (κ2) is 5.40. The van der Waals surface area contributed by atoms with Crippen molar-refractivity contribution in [3.05, 3.63) is 39.8 Å². The Balaban J connectivity index is 2.05. The molecule has 0 bridgehead atoms. The van der Waals surface area contributed by atoms with Gasteiger partial charge in [-0.05, 0) is 37.6 Å². The van der Waals surface area contributed by atoms with Gasteiger partial charge in [0.25, 0.3) is 0 Å². The van der Waals surface area contributed by atoms with Crippen LogP contribution in [0.15, 0.2) is 24.4 Å². The normalized spacial score (nSPS) is 10.4. The molecule has 0 fully saturated rings. The Morgan fingerprint density at radius 3 is 2.61 bits per heavy atom. The van der Waals surface area contributed by atoms with Gasteiger partial charge < -0.3 is 10.2 Å². The van der Waals surface area contributed by atoms with Gasteiger partial charge in [-0.2, -0.15) is 0 Å². The number of benzene rings is 1. The van der Waals surface area contributed by atoms with Crippen LogP contribution in [0.1, 0.15) is 15.4 Å². The third-order valence-corrected chi connectivity index (χ3v) is 3.76. The van der Waals surface area contributed by atoms with Gasteiger partial charge in [0.2, 0.25) is 0 Å². The van der Waals surface area contributed by atoms with E-state index in [1.165, 1.54) is 21.8 Å². The summed E-state index contributed by atoms with van der Waals surface area (Å²) in [5, 5.41) is 4.58. The van der Waals surface area contributed by atoms with Gasteiger partial charge in [-0.3, -0.25) is 0 Å². The van der Waals surface area contributed by atoms with Crippen LogP contribution in [0.4, 0.5) is 11.4 Å². The number of nitrogens with zero attached hydrogens (tertiary/aromatic N) is 2. The van der Waals surface area contributed by atoms with Crippen LogP contribution in [0.2, 0.25) is 0 Å². The maximum absolute atomic E-state index is 4.26. The molecule has 0 aliphatic rings. The fraction of sp³-hybridized carbons (Fsp3) is 0.357. The molecule has 1 heterocycles. The zero-order chi connectivity index (χ0) is 13.1. The molecular weight excluding hydrogens is 242 g/mol. The summed E-state index contributed by atoms with van der Waals surface area (Å²) in [5.41, 5.74) is 3.68. The summed E-state index contributed by atoms with van der Waals surface area (Å²) in [5.74, 6) is 0. The quantitative estimate of drug-likeness (QED) is 0.914. The average Bonchev–Trinajstić information content (AvgIpc) is 2.73. The van der Waals surface area contributed by atoms with Gasteiger partial charge in [0.1, 0.15) is 0 Å². The van der Waals surface area contributed by atoms with Gasteiger partial charge in [-0.15, -0.1) is 11.3 Å². The predicted octanol–water partition coefficient (Wildman–Crippen LogP) is 3.44. The molecular formula is C14H19N3S. The number of hydrogen-bond donors (Lipinski definition) is 1. The van der Waals surface area contributed by atoms with E-state index < -0.39 is 0 Å². The minimum atomic E-state index is 0.841. The third-order valence-electron chi connectivity index (χ3n) is 2.85. The Kier molecular flexibility index (Phi) is 3.87. The molecule has 0 aliphatic carbocycles. The van der Waals surface area contributed by atoms with E-state index in [9.17, 15) is 0 Å². The number of hydrogen-bond acceptors (Lipinski definition) is 4. The van der Waals surface area contributed by atoms with E-state index in [-0.39, 0.29) is 0 Å². The highest BCUT2D eigenvalue weighted by atomic mass is 32.1. The second-order valence-electron chi connectivity index (χ2n) is 4.59. The first-order valence-corrected chi connectivity index (χ1v) is 6.81. The first-order valence-electron chi connectivity index (χ1n) is 5.99.